The van der Waals surface area contributed by atoms with Gasteiger partial charge in [-0.1, -0.05) is 57.2 Å². The molecule has 0 spiro atoms. The fraction of sp³-hybridized carbons (Fsp3) is 0.371. The number of anilines is 3. The van der Waals surface area contributed by atoms with Crippen LogP contribution in [0.4, 0.5) is 21.9 Å². The third-order valence-corrected chi connectivity index (χ3v) is 10.3. The van der Waals surface area contributed by atoms with Crippen molar-refractivity contribution in [3.63, 3.8) is 0 Å². The minimum Gasteiger partial charge on any atom is -0.492 e. The topological polar surface area (TPSA) is 122 Å². The van der Waals surface area contributed by atoms with E-state index in [-0.39, 0.29) is 11.2 Å². The molecule has 0 atom stereocenters. The number of hydrogen-bond donors (Lipinski definition) is 3. The summed E-state index contributed by atoms with van der Waals surface area (Å²) < 4.78 is 39.5. The van der Waals surface area contributed by atoms with Gasteiger partial charge in [-0.05, 0) is 59.0 Å². The molecule has 6 rings (SSSR count). The van der Waals surface area contributed by atoms with Crippen LogP contribution in [0.1, 0.15) is 44.9 Å². The second kappa shape index (κ2) is 12.9. The average Bonchev–Trinajstić information content (AvgIpc) is 3.89. The van der Waals surface area contributed by atoms with Crippen molar-refractivity contribution in [1.82, 2.24) is 9.88 Å². The highest BCUT2D eigenvalue weighted by atomic mass is 32.2. The summed E-state index contributed by atoms with van der Waals surface area (Å²) >= 11 is 0. The number of rotatable bonds is 9. The number of fused-ring (bicyclic) bond motifs is 1. The summed E-state index contributed by atoms with van der Waals surface area (Å²) in [7, 11) is -2.10. The van der Waals surface area contributed by atoms with Gasteiger partial charge in [-0.15, -0.1) is 0 Å². The number of carbonyl (C=O) groups excluding carboxylic acids is 1. The maximum atomic E-state index is 13.5. The van der Waals surface area contributed by atoms with E-state index < -0.39 is 21.3 Å². The van der Waals surface area contributed by atoms with Gasteiger partial charge in [-0.2, -0.15) is 0 Å². The van der Waals surface area contributed by atoms with E-state index in [1.54, 1.807) is 6.07 Å². The summed E-state index contributed by atoms with van der Waals surface area (Å²) in [5, 5.41) is 7.36. The van der Waals surface area contributed by atoms with Crippen molar-refractivity contribution in [3.8, 4) is 16.9 Å². The Morgan fingerprint density at radius 3 is 2.30 bits per heavy atom. The molecule has 2 aliphatic rings. The second-order valence-electron chi connectivity index (χ2n) is 12.9. The molecule has 4 aromatic rings. The Labute approximate surface area is 270 Å². The number of sulfonamides is 1. The maximum absolute atomic E-state index is 13.5. The predicted octanol–water partition coefficient (Wildman–Crippen LogP) is 6.59. The van der Waals surface area contributed by atoms with Gasteiger partial charge in [0, 0.05) is 36.8 Å². The Hall–Kier alpha value is -4.19. The lowest BCUT2D eigenvalue weighted by Crippen LogP contribution is -2.35. The monoisotopic (exact) mass is 643 g/mol. The van der Waals surface area contributed by atoms with Crippen LogP contribution in [0.25, 0.3) is 21.9 Å². The third-order valence-electron chi connectivity index (χ3n) is 8.42. The van der Waals surface area contributed by atoms with Crippen LogP contribution in [0.15, 0.2) is 66.9 Å². The second-order valence-corrected chi connectivity index (χ2v) is 14.9. The van der Waals surface area contributed by atoms with Gasteiger partial charge >= 0.3 is 6.03 Å². The first-order valence-corrected chi connectivity index (χ1v) is 17.2. The van der Waals surface area contributed by atoms with E-state index in [1.165, 1.54) is 7.11 Å². The van der Waals surface area contributed by atoms with E-state index in [0.29, 0.717) is 29.9 Å². The number of carbonyl (C=O) groups is 1. The van der Waals surface area contributed by atoms with E-state index in [0.717, 1.165) is 66.0 Å². The van der Waals surface area contributed by atoms with Crippen LogP contribution in [0.2, 0.25) is 0 Å². The van der Waals surface area contributed by atoms with E-state index in [1.807, 2.05) is 69.4 Å². The van der Waals surface area contributed by atoms with Crippen LogP contribution in [0.5, 0.6) is 5.75 Å². The van der Waals surface area contributed by atoms with Crippen LogP contribution in [0.3, 0.4) is 0 Å². The molecular weight excluding hydrogens is 602 g/mol. The van der Waals surface area contributed by atoms with Crippen LogP contribution >= 0.6 is 0 Å². The minimum absolute atomic E-state index is 0.247. The Bertz CT molecular complexity index is 1840. The smallest absolute Gasteiger partial charge is 0.323 e. The number of urea groups is 1. The maximum Gasteiger partial charge on any atom is 0.323 e. The molecule has 0 bridgehead atoms. The molecule has 1 saturated carbocycles. The lowest BCUT2D eigenvalue weighted by molar-refractivity contribution is 0.0336. The molecular formula is C35H41N5O5S. The number of amides is 2. The molecule has 3 aromatic carbocycles. The Morgan fingerprint density at radius 1 is 0.957 bits per heavy atom. The molecule has 3 N–H and O–H groups in total. The van der Waals surface area contributed by atoms with Crippen molar-refractivity contribution >= 4 is 43.9 Å². The largest absolute Gasteiger partial charge is 0.492 e. The molecule has 2 heterocycles. The molecule has 242 valence electrons. The first-order valence-electron chi connectivity index (χ1n) is 15.6. The van der Waals surface area contributed by atoms with E-state index >= 15 is 0 Å². The van der Waals surface area contributed by atoms with E-state index in [2.05, 4.69) is 32.4 Å². The fourth-order valence-corrected chi connectivity index (χ4v) is 7.05. The molecule has 2 fully saturated rings. The summed E-state index contributed by atoms with van der Waals surface area (Å²) in [5.41, 5.74) is 4.84. The molecule has 1 aromatic heterocycles. The lowest BCUT2D eigenvalue weighted by Gasteiger charge is -2.26. The summed E-state index contributed by atoms with van der Waals surface area (Å²) in [5.74, 6) is 0.247. The fourth-order valence-electron chi connectivity index (χ4n) is 5.67. The predicted molar refractivity (Wildman–Crippen MR) is 183 cm³/mol. The molecule has 0 radical (unpaired) electrons. The Balaban J connectivity index is 1.25. The summed E-state index contributed by atoms with van der Waals surface area (Å²) in [6.45, 7) is 10.2. The zero-order valence-electron chi connectivity index (χ0n) is 26.7. The molecule has 11 heteroatoms. The number of ether oxygens (including phenoxy) is 2. The Morgan fingerprint density at radius 2 is 1.65 bits per heavy atom. The van der Waals surface area contributed by atoms with Crippen molar-refractivity contribution in [2.45, 2.75) is 50.8 Å². The van der Waals surface area contributed by atoms with Gasteiger partial charge in [-0.25, -0.2) is 13.2 Å². The number of hydrogen-bond acceptors (Lipinski definition) is 7. The summed E-state index contributed by atoms with van der Waals surface area (Å²) in [6, 6.07) is 19.1. The van der Waals surface area contributed by atoms with Crippen LogP contribution in [-0.4, -0.2) is 63.0 Å². The standard InChI is InChI=1S/C35H41N5O5S/c1-35(2,3)24-19-31(33(44-4)32(20-24)39-46(42,43)26-11-12-26)38-34(41)37-30-14-13-27(28-7-5-6-8-29(28)30)23-9-10-25(36-21-23)22-40-15-17-45-18-16-40/h5-10,13-14,19-21,26,39H,11-12,15-18,22H2,1-4H3,(H2,37,38,41). The van der Waals surface area contributed by atoms with Gasteiger partial charge < -0.3 is 20.1 Å². The number of benzene rings is 3. The lowest BCUT2D eigenvalue weighted by atomic mass is 9.86. The minimum atomic E-state index is -3.56. The van der Waals surface area contributed by atoms with E-state index in [4.69, 9.17) is 14.5 Å². The van der Waals surface area contributed by atoms with Gasteiger partial charge in [0.25, 0.3) is 0 Å². The van der Waals surface area contributed by atoms with E-state index in [9.17, 15) is 13.2 Å². The van der Waals surface area contributed by atoms with Crippen molar-refractivity contribution in [2.75, 3.05) is 48.8 Å². The SMILES string of the molecule is COc1c(NC(=O)Nc2ccc(-c3ccc(CN4CCOCC4)nc3)c3ccccc23)cc(C(C)(C)C)cc1NS(=O)(=O)C1CC1. The number of pyridine rings is 1. The normalized spacial score (nSPS) is 15.8. The zero-order valence-corrected chi connectivity index (χ0v) is 27.5. The van der Waals surface area contributed by atoms with Crippen molar-refractivity contribution in [1.29, 1.82) is 0 Å². The first kappa shape index (κ1) is 31.8. The number of morpholine rings is 1. The average molecular weight is 644 g/mol. The number of aromatic nitrogens is 1. The first-order chi connectivity index (χ1) is 22.0. The van der Waals surface area contributed by atoms with Crippen molar-refractivity contribution in [3.05, 3.63) is 78.1 Å². The molecule has 1 aliphatic heterocycles. The molecule has 1 saturated heterocycles. The zero-order chi connectivity index (χ0) is 32.5. The van der Waals surface area contributed by atoms with Gasteiger partial charge in [0.2, 0.25) is 10.0 Å². The molecule has 0 unspecified atom stereocenters. The number of methoxy groups -OCH3 is 1. The van der Waals surface area contributed by atoms with Crippen LogP contribution < -0.4 is 20.1 Å². The van der Waals surface area contributed by atoms with Crippen molar-refractivity contribution in [2.24, 2.45) is 0 Å². The Kier molecular flexibility index (Phi) is 8.91. The quantitative estimate of drug-likeness (QED) is 0.188. The molecule has 1 aliphatic carbocycles. The molecule has 46 heavy (non-hydrogen) atoms. The van der Waals surface area contributed by atoms with Gasteiger partial charge in [-0.3, -0.25) is 14.6 Å². The van der Waals surface area contributed by atoms with Crippen LogP contribution in [0, 0.1) is 0 Å². The molecule has 2 amide bonds. The summed E-state index contributed by atoms with van der Waals surface area (Å²) in [4.78, 5) is 20.6. The highest BCUT2D eigenvalue weighted by Gasteiger charge is 2.36. The van der Waals surface area contributed by atoms with Gasteiger partial charge in [0.1, 0.15) is 0 Å². The molecule has 10 nitrogen and oxygen atoms in total. The van der Waals surface area contributed by atoms with Gasteiger partial charge in [0.15, 0.2) is 5.75 Å². The third kappa shape index (κ3) is 7.11. The highest BCUT2D eigenvalue weighted by molar-refractivity contribution is 7.93. The number of nitrogens with one attached hydrogen (secondary N) is 3. The number of nitrogens with zero attached hydrogens (tertiary/aromatic N) is 2. The van der Waals surface area contributed by atoms with Gasteiger partial charge in [0.05, 0.1) is 48.3 Å². The van der Waals surface area contributed by atoms with Crippen LogP contribution in [-0.2, 0) is 26.7 Å². The highest BCUT2D eigenvalue weighted by Crippen LogP contribution is 2.41. The summed E-state index contributed by atoms with van der Waals surface area (Å²) in [6.07, 6.45) is 3.17. The van der Waals surface area contributed by atoms with Crippen molar-refractivity contribution < 1.29 is 22.7 Å².